The van der Waals surface area contributed by atoms with Crippen LogP contribution in [-0.4, -0.2) is 32.1 Å². The normalized spacial score (nSPS) is 14.1. The average Bonchev–Trinajstić information content (AvgIpc) is 2.01. The molecule has 0 amide bonds. The minimum atomic E-state index is -3.58. The van der Waals surface area contributed by atoms with Gasteiger partial charge in [0.15, 0.2) is 0 Å². The largest absolute Gasteiger partial charge is 0.481 e. The van der Waals surface area contributed by atoms with Gasteiger partial charge in [-0.05, 0) is 20.3 Å². The fourth-order valence-electron chi connectivity index (χ4n) is 0.969. The lowest BCUT2D eigenvalue weighted by molar-refractivity contribution is -0.141. The molecule has 0 saturated carbocycles. The van der Waals surface area contributed by atoms with Gasteiger partial charge in [0.2, 0.25) is 0 Å². The van der Waals surface area contributed by atoms with Gasteiger partial charge in [-0.15, -0.1) is 0 Å². The van der Waals surface area contributed by atoms with Crippen LogP contribution in [-0.2, 0) is 15.0 Å². The number of rotatable bonds is 7. The quantitative estimate of drug-likeness (QED) is 0.578. The molecule has 0 aliphatic heterocycles. The van der Waals surface area contributed by atoms with E-state index in [9.17, 15) is 13.2 Å². The molecule has 0 heterocycles. The predicted octanol–water partition coefficient (Wildman–Crippen LogP) is -0.0704. The smallest absolute Gasteiger partial charge is 0.307 e. The van der Waals surface area contributed by atoms with E-state index in [1.54, 1.807) is 20.8 Å². The van der Waals surface area contributed by atoms with Crippen molar-refractivity contribution in [3.8, 4) is 0 Å². The van der Waals surface area contributed by atoms with Crippen molar-refractivity contribution in [1.29, 1.82) is 0 Å². The van der Waals surface area contributed by atoms with Crippen molar-refractivity contribution in [2.45, 2.75) is 33.2 Å². The minimum absolute atomic E-state index is 0.0894. The van der Waals surface area contributed by atoms with Crippen LogP contribution in [0.4, 0.5) is 0 Å². The maximum Gasteiger partial charge on any atom is 0.307 e. The van der Waals surface area contributed by atoms with Gasteiger partial charge in [0.25, 0.3) is 10.2 Å². The lowest BCUT2D eigenvalue weighted by Gasteiger charge is -2.13. The highest BCUT2D eigenvalue weighted by Crippen LogP contribution is 2.01. The Morgan fingerprint density at radius 2 is 1.93 bits per heavy atom. The molecule has 90 valence electrons. The van der Waals surface area contributed by atoms with Crippen LogP contribution < -0.4 is 9.44 Å². The second-order valence-corrected chi connectivity index (χ2v) is 5.10. The summed E-state index contributed by atoms with van der Waals surface area (Å²) < 4.78 is 27.0. The Bertz CT molecular complexity index is 300. The fraction of sp³-hybridized carbons (Fsp3) is 0.875. The molecule has 0 aliphatic carbocycles. The first-order chi connectivity index (χ1) is 6.78. The summed E-state index contributed by atoms with van der Waals surface area (Å²) in [5.41, 5.74) is 0. The van der Waals surface area contributed by atoms with Crippen LogP contribution in [0.3, 0.4) is 0 Å². The van der Waals surface area contributed by atoms with Crippen LogP contribution in [0, 0.1) is 5.92 Å². The summed E-state index contributed by atoms with van der Waals surface area (Å²) in [6, 6.07) is -0.215. The number of aliphatic carboxylic acids is 1. The zero-order chi connectivity index (χ0) is 12.1. The Balaban J connectivity index is 4.19. The lowest BCUT2D eigenvalue weighted by atomic mass is 10.1. The molecular formula is C8H18N2O4S. The summed E-state index contributed by atoms with van der Waals surface area (Å²) in [5.74, 6) is -1.68. The summed E-state index contributed by atoms with van der Waals surface area (Å²) in [6.45, 7) is 4.98. The molecule has 6 nitrogen and oxygen atoms in total. The molecule has 0 aromatic rings. The minimum Gasteiger partial charge on any atom is -0.481 e. The van der Waals surface area contributed by atoms with Gasteiger partial charge in [-0.25, -0.2) is 4.72 Å². The van der Waals surface area contributed by atoms with Gasteiger partial charge in [0, 0.05) is 12.6 Å². The molecule has 0 spiro atoms. The third kappa shape index (κ3) is 6.43. The van der Waals surface area contributed by atoms with E-state index < -0.39 is 22.1 Å². The highest BCUT2D eigenvalue weighted by molar-refractivity contribution is 7.87. The van der Waals surface area contributed by atoms with Crippen molar-refractivity contribution < 1.29 is 18.3 Å². The second kappa shape index (κ2) is 6.04. The molecule has 0 rings (SSSR count). The van der Waals surface area contributed by atoms with E-state index in [2.05, 4.69) is 9.44 Å². The van der Waals surface area contributed by atoms with Crippen molar-refractivity contribution in [3.05, 3.63) is 0 Å². The maximum absolute atomic E-state index is 11.3. The van der Waals surface area contributed by atoms with Crippen LogP contribution in [0.2, 0.25) is 0 Å². The Hall–Kier alpha value is -0.660. The van der Waals surface area contributed by atoms with Gasteiger partial charge >= 0.3 is 5.97 Å². The predicted molar refractivity (Wildman–Crippen MR) is 56.6 cm³/mol. The zero-order valence-corrected chi connectivity index (χ0v) is 9.97. The molecule has 0 radical (unpaired) electrons. The summed E-state index contributed by atoms with van der Waals surface area (Å²) in [4.78, 5) is 10.6. The van der Waals surface area contributed by atoms with E-state index in [1.807, 2.05) is 0 Å². The fourth-order valence-corrected chi connectivity index (χ4v) is 2.09. The van der Waals surface area contributed by atoms with Gasteiger partial charge in [0.05, 0.1) is 5.92 Å². The van der Waals surface area contributed by atoms with Gasteiger partial charge in [-0.3, -0.25) is 4.79 Å². The van der Waals surface area contributed by atoms with Crippen molar-refractivity contribution in [3.63, 3.8) is 0 Å². The number of carboxylic acids is 1. The first-order valence-corrected chi connectivity index (χ1v) is 6.26. The van der Waals surface area contributed by atoms with Crippen LogP contribution in [0.1, 0.15) is 27.2 Å². The third-order valence-corrected chi connectivity index (χ3v) is 3.08. The van der Waals surface area contributed by atoms with E-state index in [0.29, 0.717) is 6.42 Å². The SMILES string of the molecule is CCC(CNS(=O)(=O)NC(C)C)C(=O)O. The van der Waals surface area contributed by atoms with E-state index in [1.165, 1.54) is 0 Å². The van der Waals surface area contributed by atoms with Crippen molar-refractivity contribution in [2.75, 3.05) is 6.54 Å². The second-order valence-electron chi connectivity index (χ2n) is 3.57. The summed E-state index contributed by atoms with van der Waals surface area (Å²) in [7, 11) is -3.58. The number of hydrogen-bond acceptors (Lipinski definition) is 3. The molecule has 7 heteroatoms. The third-order valence-electron chi connectivity index (χ3n) is 1.75. The number of nitrogens with one attached hydrogen (secondary N) is 2. The first kappa shape index (κ1) is 14.3. The monoisotopic (exact) mass is 238 g/mol. The molecule has 0 aromatic heterocycles. The molecule has 0 fully saturated rings. The molecule has 15 heavy (non-hydrogen) atoms. The van der Waals surface area contributed by atoms with Crippen LogP contribution in [0.5, 0.6) is 0 Å². The Morgan fingerprint density at radius 1 is 1.40 bits per heavy atom. The molecule has 1 atom stereocenters. The maximum atomic E-state index is 11.3. The number of carboxylic acid groups (broad SMARTS) is 1. The number of hydrogen-bond donors (Lipinski definition) is 3. The molecule has 0 bridgehead atoms. The zero-order valence-electron chi connectivity index (χ0n) is 9.15. The Kier molecular flexibility index (Phi) is 5.77. The van der Waals surface area contributed by atoms with E-state index >= 15 is 0 Å². The Morgan fingerprint density at radius 3 is 2.27 bits per heavy atom. The molecule has 3 N–H and O–H groups in total. The topological polar surface area (TPSA) is 95.5 Å². The van der Waals surface area contributed by atoms with Gasteiger partial charge in [-0.2, -0.15) is 13.1 Å². The molecule has 0 saturated heterocycles. The van der Waals surface area contributed by atoms with Crippen molar-refractivity contribution >= 4 is 16.2 Å². The van der Waals surface area contributed by atoms with Gasteiger partial charge in [0.1, 0.15) is 0 Å². The first-order valence-electron chi connectivity index (χ1n) is 4.78. The average molecular weight is 238 g/mol. The van der Waals surface area contributed by atoms with Gasteiger partial charge < -0.3 is 5.11 Å². The van der Waals surface area contributed by atoms with Crippen LogP contribution in [0.25, 0.3) is 0 Å². The van der Waals surface area contributed by atoms with Gasteiger partial charge in [-0.1, -0.05) is 6.92 Å². The molecule has 0 aromatic carbocycles. The highest BCUT2D eigenvalue weighted by Gasteiger charge is 2.18. The Labute approximate surface area is 90.2 Å². The molecule has 1 unspecified atom stereocenters. The number of carbonyl (C=O) groups is 1. The van der Waals surface area contributed by atoms with Crippen LogP contribution >= 0.6 is 0 Å². The highest BCUT2D eigenvalue weighted by atomic mass is 32.2. The lowest BCUT2D eigenvalue weighted by Crippen LogP contribution is -2.43. The standard InChI is InChI=1S/C8H18N2O4S/c1-4-7(8(11)12)5-9-15(13,14)10-6(2)3/h6-7,9-10H,4-5H2,1-3H3,(H,11,12). The van der Waals surface area contributed by atoms with E-state index in [0.717, 1.165) is 0 Å². The van der Waals surface area contributed by atoms with Crippen LogP contribution in [0.15, 0.2) is 0 Å². The van der Waals surface area contributed by atoms with Crippen molar-refractivity contribution in [2.24, 2.45) is 5.92 Å². The molecule has 0 aliphatic rings. The van der Waals surface area contributed by atoms with E-state index in [4.69, 9.17) is 5.11 Å². The van der Waals surface area contributed by atoms with Crippen molar-refractivity contribution in [1.82, 2.24) is 9.44 Å². The summed E-state index contributed by atoms with van der Waals surface area (Å²) in [5, 5.41) is 8.70. The summed E-state index contributed by atoms with van der Waals surface area (Å²) >= 11 is 0. The van der Waals surface area contributed by atoms with E-state index in [-0.39, 0.29) is 12.6 Å². The molecular weight excluding hydrogens is 220 g/mol. The summed E-state index contributed by atoms with van der Waals surface area (Å²) in [6.07, 6.45) is 0.388.